The normalized spacial score (nSPS) is 14.4. The number of ether oxygens (including phenoxy) is 1. The van der Waals surface area contributed by atoms with Crippen LogP contribution in [0.15, 0.2) is 24.3 Å². The van der Waals surface area contributed by atoms with E-state index >= 15 is 0 Å². The van der Waals surface area contributed by atoms with Crippen LogP contribution in [0.25, 0.3) is 0 Å². The molecular formula is C14H23NOS. The molecule has 3 heteroatoms. The van der Waals surface area contributed by atoms with Gasteiger partial charge in [-0.3, -0.25) is 0 Å². The summed E-state index contributed by atoms with van der Waals surface area (Å²) in [7, 11) is 1.73. The highest BCUT2D eigenvalue weighted by atomic mass is 32.2. The topological polar surface area (TPSA) is 21.3 Å². The van der Waals surface area contributed by atoms with Crippen LogP contribution in [0.1, 0.15) is 19.4 Å². The molecule has 0 aromatic heterocycles. The number of para-hydroxylation sites is 1. The zero-order chi connectivity index (χ0) is 12.7. The zero-order valence-corrected chi connectivity index (χ0v) is 12.0. The standard InChI is InChI=1S/C14H23NOS/c1-11(15-12(2)10-17-4)9-13-7-5-6-8-14(13)16-3/h5-8,11-12,15H,9-10H2,1-4H3. The predicted molar refractivity (Wildman–Crippen MR) is 77.1 cm³/mol. The van der Waals surface area contributed by atoms with E-state index in [9.17, 15) is 0 Å². The van der Waals surface area contributed by atoms with Crippen LogP contribution in [0, 0.1) is 0 Å². The van der Waals surface area contributed by atoms with Crippen LogP contribution in [0.3, 0.4) is 0 Å². The van der Waals surface area contributed by atoms with Crippen molar-refractivity contribution in [3.63, 3.8) is 0 Å². The van der Waals surface area contributed by atoms with Crippen LogP contribution < -0.4 is 10.1 Å². The SMILES string of the molecule is COc1ccccc1CC(C)NC(C)CSC. The summed E-state index contributed by atoms with van der Waals surface area (Å²) >= 11 is 1.88. The molecule has 1 aromatic carbocycles. The molecule has 0 bridgehead atoms. The molecule has 17 heavy (non-hydrogen) atoms. The molecule has 2 nitrogen and oxygen atoms in total. The molecule has 0 aliphatic carbocycles. The lowest BCUT2D eigenvalue weighted by atomic mass is 10.1. The van der Waals surface area contributed by atoms with E-state index in [1.165, 1.54) is 5.56 Å². The second-order valence-electron chi connectivity index (χ2n) is 4.44. The third-order valence-electron chi connectivity index (χ3n) is 2.70. The quantitative estimate of drug-likeness (QED) is 0.807. The van der Waals surface area contributed by atoms with Gasteiger partial charge in [-0.15, -0.1) is 0 Å². The van der Waals surface area contributed by atoms with Gasteiger partial charge in [-0.25, -0.2) is 0 Å². The number of hydrogen-bond donors (Lipinski definition) is 1. The average Bonchev–Trinajstić information content (AvgIpc) is 2.29. The summed E-state index contributed by atoms with van der Waals surface area (Å²) in [5.41, 5.74) is 1.27. The Hall–Kier alpha value is -0.670. The van der Waals surface area contributed by atoms with Gasteiger partial charge in [0.1, 0.15) is 5.75 Å². The Bertz CT molecular complexity index is 330. The van der Waals surface area contributed by atoms with Crippen molar-refractivity contribution in [3.05, 3.63) is 29.8 Å². The highest BCUT2D eigenvalue weighted by molar-refractivity contribution is 7.98. The number of benzene rings is 1. The Kier molecular flexibility index (Phi) is 6.45. The van der Waals surface area contributed by atoms with E-state index in [0.717, 1.165) is 17.9 Å². The molecular weight excluding hydrogens is 230 g/mol. The number of methoxy groups -OCH3 is 1. The van der Waals surface area contributed by atoms with Gasteiger partial charge in [0, 0.05) is 17.8 Å². The summed E-state index contributed by atoms with van der Waals surface area (Å²) in [5, 5.41) is 3.60. The Morgan fingerprint density at radius 1 is 1.24 bits per heavy atom. The van der Waals surface area contributed by atoms with Crippen LogP contribution in [0.2, 0.25) is 0 Å². The second kappa shape index (κ2) is 7.62. The Labute approximate surface area is 109 Å². The van der Waals surface area contributed by atoms with Gasteiger partial charge in [-0.05, 0) is 38.2 Å². The summed E-state index contributed by atoms with van der Waals surface area (Å²) in [6, 6.07) is 9.25. The molecule has 1 N–H and O–H groups in total. The molecule has 0 heterocycles. The van der Waals surface area contributed by atoms with Crippen molar-refractivity contribution >= 4 is 11.8 Å². The molecule has 0 fully saturated rings. The third-order valence-corrected chi connectivity index (χ3v) is 3.54. The number of thioether (sulfide) groups is 1. The van der Waals surface area contributed by atoms with Crippen molar-refractivity contribution in [1.82, 2.24) is 5.32 Å². The fourth-order valence-electron chi connectivity index (χ4n) is 2.04. The molecule has 2 unspecified atom stereocenters. The molecule has 2 atom stereocenters. The number of hydrogen-bond acceptors (Lipinski definition) is 3. The number of rotatable bonds is 7. The smallest absolute Gasteiger partial charge is 0.122 e. The summed E-state index contributed by atoms with van der Waals surface area (Å²) in [4.78, 5) is 0. The van der Waals surface area contributed by atoms with Gasteiger partial charge in [-0.1, -0.05) is 18.2 Å². The van der Waals surface area contributed by atoms with E-state index in [2.05, 4.69) is 37.6 Å². The maximum absolute atomic E-state index is 5.37. The molecule has 0 saturated carbocycles. The predicted octanol–water partition coefficient (Wildman–Crippen LogP) is 2.97. The average molecular weight is 253 g/mol. The Morgan fingerprint density at radius 2 is 1.94 bits per heavy atom. The molecule has 0 aliphatic rings. The van der Waals surface area contributed by atoms with Gasteiger partial charge in [0.15, 0.2) is 0 Å². The molecule has 96 valence electrons. The minimum Gasteiger partial charge on any atom is -0.496 e. The summed E-state index contributed by atoms with van der Waals surface area (Å²) in [6.45, 7) is 4.46. The highest BCUT2D eigenvalue weighted by Gasteiger charge is 2.10. The maximum atomic E-state index is 5.37. The van der Waals surface area contributed by atoms with Crippen molar-refractivity contribution in [1.29, 1.82) is 0 Å². The molecule has 0 saturated heterocycles. The Morgan fingerprint density at radius 3 is 2.59 bits per heavy atom. The first-order valence-electron chi connectivity index (χ1n) is 6.04. The lowest BCUT2D eigenvalue weighted by molar-refractivity contribution is 0.404. The van der Waals surface area contributed by atoms with E-state index in [1.54, 1.807) is 7.11 Å². The molecule has 1 rings (SSSR count). The van der Waals surface area contributed by atoms with E-state index < -0.39 is 0 Å². The van der Waals surface area contributed by atoms with Gasteiger partial charge < -0.3 is 10.1 Å². The summed E-state index contributed by atoms with van der Waals surface area (Å²) < 4.78 is 5.37. The van der Waals surface area contributed by atoms with Gasteiger partial charge >= 0.3 is 0 Å². The fraction of sp³-hybridized carbons (Fsp3) is 0.571. The van der Waals surface area contributed by atoms with Crippen LogP contribution in [-0.4, -0.2) is 31.2 Å². The van der Waals surface area contributed by atoms with Crippen molar-refractivity contribution < 1.29 is 4.74 Å². The summed E-state index contributed by atoms with van der Waals surface area (Å²) in [6.07, 6.45) is 3.14. The van der Waals surface area contributed by atoms with Crippen LogP contribution >= 0.6 is 11.8 Å². The lowest BCUT2D eigenvalue weighted by Gasteiger charge is -2.20. The van der Waals surface area contributed by atoms with E-state index in [1.807, 2.05) is 23.9 Å². The van der Waals surface area contributed by atoms with Crippen molar-refractivity contribution in [3.8, 4) is 5.75 Å². The van der Waals surface area contributed by atoms with E-state index in [-0.39, 0.29) is 0 Å². The van der Waals surface area contributed by atoms with E-state index in [4.69, 9.17) is 4.74 Å². The van der Waals surface area contributed by atoms with Crippen molar-refractivity contribution in [2.45, 2.75) is 32.4 Å². The first-order valence-corrected chi connectivity index (χ1v) is 7.43. The molecule has 0 amide bonds. The molecule has 0 aliphatic heterocycles. The van der Waals surface area contributed by atoms with Crippen molar-refractivity contribution in [2.24, 2.45) is 0 Å². The van der Waals surface area contributed by atoms with Crippen LogP contribution in [0.5, 0.6) is 5.75 Å². The zero-order valence-electron chi connectivity index (χ0n) is 11.2. The molecule has 1 aromatic rings. The largest absolute Gasteiger partial charge is 0.496 e. The second-order valence-corrected chi connectivity index (χ2v) is 5.35. The minimum absolute atomic E-state index is 0.466. The molecule has 0 spiro atoms. The van der Waals surface area contributed by atoms with E-state index in [0.29, 0.717) is 12.1 Å². The lowest BCUT2D eigenvalue weighted by Crippen LogP contribution is -2.37. The van der Waals surface area contributed by atoms with Crippen LogP contribution in [0.4, 0.5) is 0 Å². The van der Waals surface area contributed by atoms with Crippen LogP contribution in [-0.2, 0) is 6.42 Å². The summed E-state index contributed by atoms with van der Waals surface area (Å²) in [5.74, 6) is 2.13. The Balaban J connectivity index is 2.52. The minimum atomic E-state index is 0.466. The third kappa shape index (κ3) is 5.00. The van der Waals surface area contributed by atoms with Gasteiger partial charge in [-0.2, -0.15) is 11.8 Å². The maximum Gasteiger partial charge on any atom is 0.122 e. The highest BCUT2D eigenvalue weighted by Crippen LogP contribution is 2.19. The van der Waals surface area contributed by atoms with Gasteiger partial charge in [0.05, 0.1) is 7.11 Å². The fourth-order valence-corrected chi connectivity index (χ4v) is 2.64. The first kappa shape index (κ1) is 14.4. The first-order chi connectivity index (χ1) is 8.17. The molecule has 0 radical (unpaired) electrons. The number of nitrogens with one attached hydrogen (secondary N) is 1. The van der Waals surface area contributed by atoms with Gasteiger partial charge in [0.2, 0.25) is 0 Å². The van der Waals surface area contributed by atoms with Crippen molar-refractivity contribution in [2.75, 3.05) is 19.1 Å². The monoisotopic (exact) mass is 253 g/mol. The van der Waals surface area contributed by atoms with Gasteiger partial charge in [0.25, 0.3) is 0 Å².